The molecule has 170 valence electrons. The molecule has 7 heteroatoms. The normalized spacial score (nSPS) is 50.1. The van der Waals surface area contributed by atoms with Crippen molar-refractivity contribution in [2.75, 3.05) is 13.7 Å². The Morgan fingerprint density at radius 2 is 1.90 bits per heavy atom. The number of rotatable bonds is 2. The Kier molecular flexibility index (Phi) is 5.17. The lowest BCUT2D eigenvalue weighted by Crippen LogP contribution is -2.71. The van der Waals surface area contributed by atoms with Crippen molar-refractivity contribution in [3.8, 4) is 0 Å². The summed E-state index contributed by atoms with van der Waals surface area (Å²) < 4.78 is 23.8. The van der Waals surface area contributed by atoms with Crippen LogP contribution in [-0.4, -0.2) is 60.3 Å². The third kappa shape index (κ3) is 2.85. The predicted octanol–water partition coefficient (Wildman–Crippen LogP) is 2.62. The van der Waals surface area contributed by atoms with E-state index in [1.807, 2.05) is 20.8 Å². The number of hydrogen-bond acceptors (Lipinski definition) is 7. The van der Waals surface area contributed by atoms with Gasteiger partial charge < -0.3 is 24.1 Å². The molecule has 4 aliphatic rings. The molecule has 0 aromatic carbocycles. The van der Waals surface area contributed by atoms with Gasteiger partial charge in [0, 0.05) is 43.1 Å². The molecule has 4 rings (SSSR count). The molecule has 0 aromatic rings. The van der Waals surface area contributed by atoms with Gasteiger partial charge in [-0.2, -0.15) is 0 Å². The maximum Gasteiger partial charge on any atom is 0.302 e. The van der Waals surface area contributed by atoms with E-state index in [4.69, 9.17) is 18.9 Å². The highest BCUT2D eigenvalue weighted by Crippen LogP contribution is 2.67. The Hall–Kier alpha value is -1.02. The van der Waals surface area contributed by atoms with Crippen LogP contribution in [0.3, 0.4) is 0 Å². The number of esters is 1. The number of ether oxygens (including phenoxy) is 4. The first kappa shape index (κ1) is 22.2. The minimum Gasteiger partial charge on any atom is -0.462 e. The predicted molar refractivity (Wildman–Crippen MR) is 107 cm³/mol. The topological polar surface area (TPSA) is 91.3 Å². The number of ketones is 1. The Bertz CT molecular complexity index is 735. The van der Waals surface area contributed by atoms with Gasteiger partial charge in [-0.05, 0) is 25.7 Å². The summed E-state index contributed by atoms with van der Waals surface area (Å²) in [6.07, 6.45) is 1.85. The Balaban J connectivity index is 1.74. The number of carbonyl (C=O) groups excluding carboxylic acids is 2. The van der Waals surface area contributed by atoms with E-state index in [0.29, 0.717) is 25.9 Å². The highest BCUT2D eigenvalue weighted by atomic mass is 16.7. The maximum absolute atomic E-state index is 13.5. The highest BCUT2D eigenvalue weighted by molar-refractivity contribution is 5.89. The molecular weight excluding hydrogens is 388 g/mol. The van der Waals surface area contributed by atoms with Crippen LogP contribution in [0.1, 0.15) is 66.7 Å². The van der Waals surface area contributed by atoms with E-state index in [-0.39, 0.29) is 30.1 Å². The number of aliphatic hydroxyl groups excluding tert-OH is 1. The first-order chi connectivity index (χ1) is 13.9. The first-order valence-corrected chi connectivity index (χ1v) is 11.2. The van der Waals surface area contributed by atoms with Crippen molar-refractivity contribution in [3.63, 3.8) is 0 Å². The third-order valence-corrected chi connectivity index (χ3v) is 8.88. The van der Waals surface area contributed by atoms with E-state index >= 15 is 0 Å². The standard InChI is InChI=1S/C23H36O7/c1-13-17(25)18(26)19-20(3,4)15(29-14(2)24)7-8-21(19,5)23(13)10-9-22(30-23)11-16(27-6)28-12-22/h13,15-17,19,25H,7-12H2,1-6H3/t13-,15-,16-,17-,19+,21+,22+,23-/m1/s1. The highest BCUT2D eigenvalue weighted by Gasteiger charge is 2.73. The second-order valence-electron chi connectivity index (χ2n) is 10.8. The van der Waals surface area contributed by atoms with Crippen molar-refractivity contribution in [1.29, 1.82) is 0 Å². The van der Waals surface area contributed by atoms with Crippen LogP contribution < -0.4 is 0 Å². The molecule has 0 amide bonds. The first-order valence-electron chi connectivity index (χ1n) is 11.2. The third-order valence-electron chi connectivity index (χ3n) is 8.88. The molecule has 0 unspecified atom stereocenters. The lowest BCUT2D eigenvalue weighted by molar-refractivity contribution is -0.266. The average molecular weight is 425 g/mol. The van der Waals surface area contributed by atoms with Crippen LogP contribution in [0.5, 0.6) is 0 Å². The van der Waals surface area contributed by atoms with Gasteiger partial charge in [0.2, 0.25) is 0 Å². The number of aliphatic hydroxyl groups is 1. The fraction of sp³-hybridized carbons (Fsp3) is 0.913. The fourth-order valence-electron chi connectivity index (χ4n) is 7.38. The second-order valence-corrected chi connectivity index (χ2v) is 10.8. The summed E-state index contributed by atoms with van der Waals surface area (Å²) in [4.78, 5) is 25.2. The quantitative estimate of drug-likeness (QED) is 0.681. The SMILES string of the molecule is CO[C@H]1C[C@@]2(CC[C@@]3(O2)[C@H](C)[C@@H](O)C(=O)[C@H]2C(C)(C)[C@H](OC(C)=O)CC[C@@]23C)CO1. The summed E-state index contributed by atoms with van der Waals surface area (Å²) in [7, 11) is 1.64. The summed E-state index contributed by atoms with van der Waals surface area (Å²) in [5.41, 5.74) is -2.17. The fourth-order valence-corrected chi connectivity index (χ4v) is 7.38. The molecule has 2 aliphatic carbocycles. The van der Waals surface area contributed by atoms with Crippen LogP contribution in [-0.2, 0) is 28.5 Å². The molecule has 2 saturated heterocycles. The van der Waals surface area contributed by atoms with Gasteiger partial charge in [0.05, 0.1) is 17.8 Å². The molecule has 0 bridgehead atoms. The molecule has 0 radical (unpaired) electrons. The van der Waals surface area contributed by atoms with E-state index < -0.39 is 34.1 Å². The molecule has 2 spiro atoms. The lowest BCUT2D eigenvalue weighted by atomic mass is 9.43. The van der Waals surface area contributed by atoms with E-state index in [9.17, 15) is 14.7 Å². The van der Waals surface area contributed by atoms with Gasteiger partial charge in [-0.25, -0.2) is 0 Å². The monoisotopic (exact) mass is 424 g/mol. The van der Waals surface area contributed by atoms with E-state index in [1.165, 1.54) is 6.92 Å². The van der Waals surface area contributed by atoms with E-state index in [2.05, 4.69) is 6.92 Å². The molecule has 8 atom stereocenters. The Morgan fingerprint density at radius 3 is 2.50 bits per heavy atom. The van der Waals surface area contributed by atoms with Crippen molar-refractivity contribution in [2.45, 2.75) is 96.4 Å². The number of methoxy groups -OCH3 is 1. The van der Waals surface area contributed by atoms with E-state index in [1.54, 1.807) is 7.11 Å². The lowest BCUT2D eigenvalue weighted by Gasteiger charge is -2.64. The van der Waals surface area contributed by atoms with Crippen LogP contribution in [0.2, 0.25) is 0 Å². The number of fused-ring (bicyclic) bond motifs is 2. The molecule has 2 heterocycles. The molecule has 30 heavy (non-hydrogen) atoms. The molecule has 1 N–H and O–H groups in total. The molecule has 0 aromatic heterocycles. The Labute approximate surface area is 178 Å². The summed E-state index contributed by atoms with van der Waals surface area (Å²) >= 11 is 0. The summed E-state index contributed by atoms with van der Waals surface area (Å²) in [5.74, 6) is -1.29. The summed E-state index contributed by atoms with van der Waals surface area (Å²) in [5, 5.41) is 11.1. The smallest absolute Gasteiger partial charge is 0.302 e. The number of carbonyl (C=O) groups is 2. The Morgan fingerprint density at radius 1 is 1.20 bits per heavy atom. The van der Waals surface area contributed by atoms with Crippen molar-refractivity contribution in [3.05, 3.63) is 0 Å². The summed E-state index contributed by atoms with van der Waals surface area (Å²) in [6, 6.07) is 0. The van der Waals surface area contributed by atoms with Crippen molar-refractivity contribution in [1.82, 2.24) is 0 Å². The van der Waals surface area contributed by atoms with Crippen molar-refractivity contribution < 1.29 is 33.6 Å². The minimum atomic E-state index is -1.10. The minimum absolute atomic E-state index is 0.153. The largest absolute Gasteiger partial charge is 0.462 e. The average Bonchev–Trinajstić information content (AvgIpc) is 3.26. The van der Waals surface area contributed by atoms with Crippen molar-refractivity contribution >= 4 is 11.8 Å². The van der Waals surface area contributed by atoms with Crippen molar-refractivity contribution in [2.24, 2.45) is 22.7 Å². The van der Waals surface area contributed by atoms with Crippen LogP contribution in [0.15, 0.2) is 0 Å². The van der Waals surface area contributed by atoms with Gasteiger partial charge in [0.25, 0.3) is 0 Å². The zero-order valence-electron chi connectivity index (χ0n) is 19.0. The van der Waals surface area contributed by atoms with E-state index in [0.717, 1.165) is 12.8 Å². The zero-order valence-corrected chi connectivity index (χ0v) is 19.0. The summed E-state index contributed by atoms with van der Waals surface area (Å²) in [6.45, 7) is 9.93. The molecule has 2 saturated carbocycles. The molecule has 4 fully saturated rings. The molecular formula is C23H36O7. The molecule has 7 nitrogen and oxygen atoms in total. The van der Waals surface area contributed by atoms with Crippen LogP contribution >= 0.6 is 0 Å². The molecule has 2 aliphatic heterocycles. The number of hydrogen-bond donors (Lipinski definition) is 1. The van der Waals surface area contributed by atoms with Gasteiger partial charge in [-0.3, -0.25) is 9.59 Å². The van der Waals surface area contributed by atoms with Crippen LogP contribution in [0, 0.1) is 22.7 Å². The number of Topliss-reactive ketones (excluding diaryl/α,β-unsaturated/α-hetero) is 1. The van der Waals surface area contributed by atoms with Crippen LogP contribution in [0.25, 0.3) is 0 Å². The maximum atomic E-state index is 13.5. The van der Waals surface area contributed by atoms with Gasteiger partial charge in [0.1, 0.15) is 12.2 Å². The van der Waals surface area contributed by atoms with Gasteiger partial charge in [-0.15, -0.1) is 0 Å². The van der Waals surface area contributed by atoms with Gasteiger partial charge in [0.15, 0.2) is 12.1 Å². The van der Waals surface area contributed by atoms with Gasteiger partial charge >= 0.3 is 5.97 Å². The second kappa shape index (κ2) is 6.99. The zero-order chi connectivity index (χ0) is 22.1. The van der Waals surface area contributed by atoms with Crippen LogP contribution in [0.4, 0.5) is 0 Å². The van der Waals surface area contributed by atoms with Gasteiger partial charge in [-0.1, -0.05) is 27.7 Å².